The van der Waals surface area contributed by atoms with Crippen molar-refractivity contribution >= 4 is 17.3 Å². The third kappa shape index (κ3) is 2.21. The molecule has 0 aliphatic heterocycles. The molecule has 2 aromatic rings. The van der Waals surface area contributed by atoms with Gasteiger partial charge in [-0.1, -0.05) is 0 Å². The van der Waals surface area contributed by atoms with E-state index >= 15 is 0 Å². The third-order valence-corrected chi connectivity index (χ3v) is 3.31. The van der Waals surface area contributed by atoms with Crippen molar-refractivity contribution in [2.24, 2.45) is 7.05 Å². The van der Waals surface area contributed by atoms with Crippen LogP contribution in [-0.2, 0) is 13.6 Å². The molecule has 2 heterocycles. The summed E-state index contributed by atoms with van der Waals surface area (Å²) in [5.74, 6) is 0.929. The van der Waals surface area contributed by atoms with Crippen LogP contribution >= 0.6 is 11.3 Å². The molecular weight excluding hydrogens is 206 g/mol. The Morgan fingerprint density at radius 1 is 1.40 bits per heavy atom. The molecule has 2 aromatic heterocycles. The van der Waals surface area contributed by atoms with Crippen LogP contribution in [0.4, 0.5) is 5.95 Å². The van der Waals surface area contributed by atoms with E-state index < -0.39 is 0 Å². The van der Waals surface area contributed by atoms with E-state index in [2.05, 4.69) is 28.0 Å². The van der Waals surface area contributed by atoms with Crippen LogP contribution < -0.4 is 5.32 Å². The van der Waals surface area contributed by atoms with Crippen molar-refractivity contribution in [1.29, 1.82) is 0 Å². The average molecular weight is 221 g/mol. The van der Waals surface area contributed by atoms with Gasteiger partial charge in [0.2, 0.25) is 5.95 Å². The molecule has 1 N–H and O–H groups in total. The Morgan fingerprint density at radius 3 is 2.73 bits per heavy atom. The zero-order chi connectivity index (χ0) is 10.8. The second kappa shape index (κ2) is 4.06. The van der Waals surface area contributed by atoms with E-state index in [0.29, 0.717) is 0 Å². The van der Waals surface area contributed by atoms with Gasteiger partial charge in [-0.05, 0) is 35.7 Å². The summed E-state index contributed by atoms with van der Waals surface area (Å²) < 4.78 is 2.01. The van der Waals surface area contributed by atoms with Gasteiger partial charge in [-0.3, -0.25) is 0 Å². The summed E-state index contributed by atoms with van der Waals surface area (Å²) in [6.07, 6.45) is 2.02. The first-order valence-corrected chi connectivity index (χ1v) is 5.86. The minimum atomic E-state index is 0.847. The Kier molecular flexibility index (Phi) is 2.77. The van der Waals surface area contributed by atoms with E-state index in [-0.39, 0.29) is 0 Å². The first kappa shape index (κ1) is 10.2. The number of rotatable bonds is 3. The van der Waals surface area contributed by atoms with E-state index in [0.717, 1.165) is 18.2 Å². The van der Waals surface area contributed by atoms with Crippen molar-refractivity contribution < 1.29 is 0 Å². The Hall–Kier alpha value is -1.29. The second-order valence-corrected chi connectivity index (χ2v) is 4.49. The van der Waals surface area contributed by atoms with Crippen LogP contribution in [0.2, 0.25) is 0 Å². The summed E-state index contributed by atoms with van der Waals surface area (Å²) in [6.45, 7) is 4.98. The maximum absolute atomic E-state index is 4.39. The highest BCUT2D eigenvalue weighted by Crippen LogP contribution is 2.15. The van der Waals surface area contributed by atoms with Gasteiger partial charge >= 0.3 is 0 Å². The zero-order valence-electron chi connectivity index (χ0n) is 9.24. The molecule has 0 aliphatic carbocycles. The van der Waals surface area contributed by atoms with Gasteiger partial charge in [-0.15, -0.1) is 0 Å². The lowest BCUT2D eigenvalue weighted by Gasteiger charge is -2.05. The number of aromatic nitrogens is 2. The van der Waals surface area contributed by atoms with E-state index in [9.17, 15) is 0 Å². The summed E-state index contributed by atoms with van der Waals surface area (Å²) in [5, 5.41) is 7.68. The maximum atomic E-state index is 4.39. The summed E-state index contributed by atoms with van der Waals surface area (Å²) in [7, 11) is 2.00. The number of nitrogens with zero attached hydrogens (tertiary/aromatic N) is 2. The summed E-state index contributed by atoms with van der Waals surface area (Å²) in [5.41, 5.74) is 3.74. The predicted octanol–water partition coefficient (Wildman–Crippen LogP) is 2.71. The molecule has 0 amide bonds. The number of anilines is 1. The van der Waals surface area contributed by atoms with Gasteiger partial charge in [0, 0.05) is 19.8 Å². The quantitative estimate of drug-likeness (QED) is 0.863. The van der Waals surface area contributed by atoms with Crippen LogP contribution in [0.5, 0.6) is 0 Å². The van der Waals surface area contributed by atoms with E-state index in [4.69, 9.17) is 0 Å². The molecule has 0 radical (unpaired) electrons. The monoisotopic (exact) mass is 221 g/mol. The molecule has 0 saturated heterocycles. The highest BCUT2D eigenvalue weighted by atomic mass is 32.1. The standard InChI is InChI=1S/C11H15N3S/c1-8-6-15-7-10(8)4-12-11-13-9(2)5-14(11)3/h5-7H,4H2,1-3H3,(H,12,13). The number of thiophene rings is 1. The van der Waals surface area contributed by atoms with Crippen molar-refractivity contribution in [3.63, 3.8) is 0 Å². The van der Waals surface area contributed by atoms with Crippen molar-refractivity contribution in [1.82, 2.24) is 9.55 Å². The van der Waals surface area contributed by atoms with Crippen LogP contribution in [0, 0.1) is 13.8 Å². The molecular formula is C11H15N3S. The van der Waals surface area contributed by atoms with Crippen LogP contribution in [0.15, 0.2) is 17.0 Å². The molecule has 0 atom stereocenters. The second-order valence-electron chi connectivity index (χ2n) is 3.75. The summed E-state index contributed by atoms with van der Waals surface area (Å²) in [4.78, 5) is 4.39. The molecule has 4 heteroatoms. The van der Waals surface area contributed by atoms with Crippen molar-refractivity contribution in [2.45, 2.75) is 20.4 Å². The van der Waals surface area contributed by atoms with Gasteiger partial charge in [0.25, 0.3) is 0 Å². The number of hydrogen-bond acceptors (Lipinski definition) is 3. The normalized spacial score (nSPS) is 10.6. The zero-order valence-corrected chi connectivity index (χ0v) is 10.1. The fourth-order valence-electron chi connectivity index (χ4n) is 1.52. The van der Waals surface area contributed by atoms with Gasteiger partial charge in [-0.2, -0.15) is 11.3 Å². The van der Waals surface area contributed by atoms with Crippen LogP contribution in [0.25, 0.3) is 0 Å². The predicted molar refractivity (Wildman–Crippen MR) is 64.3 cm³/mol. The van der Waals surface area contributed by atoms with Gasteiger partial charge in [0.15, 0.2) is 0 Å². The maximum Gasteiger partial charge on any atom is 0.203 e. The van der Waals surface area contributed by atoms with E-state index in [1.807, 2.05) is 24.7 Å². The largest absolute Gasteiger partial charge is 0.352 e. The third-order valence-electron chi connectivity index (χ3n) is 2.40. The van der Waals surface area contributed by atoms with Gasteiger partial charge in [-0.25, -0.2) is 4.98 Å². The molecule has 0 spiro atoms. The molecule has 2 rings (SSSR count). The molecule has 0 fully saturated rings. The number of aryl methyl sites for hydroxylation is 3. The molecule has 80 valence electrons. The Labute approximate surface area is 93.8 Å². The fourth-order valence-corrected chi connectivity index (χ4v) is 2.38. The number of nitrogens with one attached hydrogen (secondary N) is 1. The Morgan fingerprint density at radius 2 is 2.20 bits per heavy atom. The number of hydrogen-bond donors (Lipinski definition) is 1. The lowest BCUT2D eigenvalue weighted by molar-refractivity contribution is 0.899. The van der Waals surface area contributed by atoms with Crippen molar-refractivity contribution in [3.05, 3.63) is 33.8 Å². The SMILES string of the molecule is Cc1cn(C)c(NCc2cscc2C)n1. The Balaban J connectivity index is 2.05. The molecule has 0 saturated carbocycles. The van der Waals surface area contributed by atoms with Gasteiger partial charge < -0.3 is 9.88 Å². The van der Waals surface area contributed by atoms with Gasteiger partial charge in [0.1, 0.15) is 0 Å². The van der Waals surface area contributed by atoms with Crippen LogP contribution in [-0.4, -0.2) is 9.55 Å². The van der Waals surface area contributed by atoms with Crippen LogP contribution in [0.1, 0.15) is 16.8 Å². The summed E-state index contributed by atoms with van der Waals surface area (Å²) >= 11 is 1.74. The summed E-state index contributed by atoms with van der Waals surface area (Å²) in [6, 6.07) is 0. The minimum Gasteiger partial charge on any atom is -0.352 e. The molecule has 0 bridgehead atoms. The lowest BCUT2D eigenvalue weighted by Crippen LogP contribution is -2.04. The fraction of sp³-hybridized carbons (Fsp3) is 0.364. The first-order valence-electron chi connectivity index (χ1n) is 4.92. The van der Waals surface area contributed by atoms with Crippen LogP contribution in [0.3, 0.4) is 0 Å². The smallest absolute Gasteiger partial charge is 0.203 e. The topological polar surface area (TPSA) is 29.9 Å². The van der Waals surface area contributed by atoms with E-state index in [1.165, 1.54) is 11.1 Å². The Bertz CT molecular complexity index is 456. The first-order chi connectivity index (χ1) is 7.16. The average Bonchev–Trinajstić information content (AvgIpc) is 2.70. The molecule has 15 heavy (non-hydrogen) atoms. The highest BCUT2D eigenvalue weighted by molar-refractivity contribution is 7.08. The highest BCUT2D eigenvalue weighted by Gasteiger charge is 2.03. The molecule has 3 nitrogen and oxygen atoms in total. The minimum absolute atomic E-state index is 0.847. The molecule has 0 aliphatic rings. The molecule has 0 unspecified atom stereocenters. The number of imidazole rings is 1. The molecule has 0 aromatic carbocycles. The lowest BCUT2D eigenvalue weighted by atomic mass is 10.2. The van der Waals surface area contributed by atoms with Crippen molar-refractivity contribution in [2.75, 3.05) is 5.32 Å². The van der Waals surface area contributed by atoms with Crippen molar-refractivity contribution in [3.8, 4) is 0 Å². The van der Waals surface area contributed by atoms with E-state index in [1.54, 1.807) is 11.3 Å². The van der Waals surface area contributed by atoms with Gasteiger partial charge in [0.05, 0.1) is 5.69 Å².